The number of rotatable bonds is 3. The Morgan fingerprint density at radius 1 is 1.21 bits per heavy atom. The van der Waals surface area contributed by atoms with Crippen molar-refractivity contribution in [1.29, 1.82) is 0 Å². The van der Waals surface area contributed by atoms with Gasteiger partial charge < -0.3 is 10.2 Å². The molecule has 2 aromatic heterocycles. The lowest BCUT2D eigenvalue weighted by Crippen LogP contribution is -2.40. The molecule has 0 radical (unpaired) electrons. The number of carbonyl (C=O) groups is 1. The van der Waals surface area contributed by atoms with Crippen molar-refractivity contribution < 1.29 is 13.6 Å². The third kappa shape index (κ3) is 3.87. The van der Waals surface area contributed by atoms with Gasteiger partial charge in [-0.15, -0.1) is 0 Å². The standard InChI is InChI=1S/C20H27F2N5O/c1-13-16(19(28)24-15-3-7-20(21,22)8-4-15)12-23-18-11-17(25-27(13)18)14-5-9-26(2)10-6-14/h11-12,14-15H,3-10H2,1-2H3,(H,24,28). The van der Waals surface area contributed by atoms with Gasteiger partial charge in [0.2, 0.25) is 5.92 Å². The number of carbonyl (C=O) groups excluding carboxylic acids is 1. The smallest absolute Gasteiger partial charge is 0.254 e. The van der Waals surface area contributed by atoms with Crippen LogP contribution in [0.5, 0.6) is 0 Å². The molecule has 0 aromatic carbocycles. The van der Waals surface area contributed by atoms with Crippen molar-refractivity contribution in [3.63, 3.8) is 0 Å². The van der Waals surface area contributed by atoms with Gasteiger partial charge in [-0.3, -0.25) is 4.79 Å². The minimum Gasteiger partial charge on any atom is -0.349 e. The maximum absolute atomic E-state index is 13.3. The molecule has 0 atom stereocenters. The van der Waals surface area contributed by atoms with Crippen molar-refractivity contribution in [2.45, 2.75) is 63.3 Å². The summed E-state index contributed by atoms with van der Waals surface area (Å²) in [7, 11) is 2.13. The summed E-state index contributed by atoms with van der Waals surface area (Å²) in [6.07, 6.45) is 3.96. The summed E-state index contributed by atoms with van der Waals surface area (Å²) in [5.41, 5.74) is 2.93. The highest BCUT2D eigenvalue weighted by molar-refractivity contribution is 5.95. The molecule has 1 saturated heterocycles. The second kappa shape index (κ2) is 7.39. The van der Waals surface area contributed by atoms with E-state index >= 15 is 0 Å². The van der Waals surface area contributed by atoms with Gasteiger partial charge in [0.1, 0.15) is 0 Å². The van der Waals surface area contributed by atoms with Gasteiger partial charge in [-0.25, -0.2) is 18.3 Å². The van der Waals surface area contributed by atoms with Crippen LogP contribution < -0.4 is 5.32 Å². The van der Waals surface area contributed by atoms with E-state index in [1.165, 1.54) is 0 Å². The lowest BCUT2D eigenvalue weighted by molar-refractivity contribution is -0.0399. The van der Waals surface area contributed by atoms with Crippen molar-refractivity contribution >= 4 is 11.6 Å². The van der Waals surface area contributed by atoms with Gasteiger partial charge in [0.25, 0.3) is 5.91 Å². The highest BCUT2D eigenvalue weighted by Gasteiger charge is 2.35. The van der Waals surface area contributed by atoms with Gasteiger partial charge in [0.15, 0.2) is 5.65 Å². The van der Waals surface area contributed by atoms with Gasteiger partial charge in [-0.2, -0.15) is 5.10 Å². The third-order valence-electron chi connectivity index (χ3n) is 6.18. The Kier molecular flexibility index (Phi) is 5.07. The van der Waals surface area contributed by atoms with Crippen LogP contribution in [-0.2, 0) is 0 Å². The average Bonchev–Trinajstić information content (AvgIpc) is 3.09. The molecule has 1 saturated carbocycles. The molecule has 0 spiro atoms. The number of halogens is 2. The van der Waals surface area contributed by atoms with E-state index in [1.807, 2.05) is 13.0 Å². The molecule has 1 N–H and O–H groups in total. The number of piperidine rings is 1. The zero-order valence-electron chi connectivity index (χ0n) is 16.4. The van der Waals surface area contributed by atoms with Crippen LogP contribution in [0.4, 0.5) is 8.78 Å². The van der Waals surface area contributed by atoms with Crippen LogP contribution in [0.2, 0.25) is 0 Å². The Morgan fingerprint density at radius 2 is 1.89 bits per heavy atom. The first-order valence-electron chi connectivity index (χ1n) is 10.0. The quantitative estimate of drug-likeness (QED) is 0.873. The molecule has 0 unspecified atom stereocenters. The molecule has 1 amide bonds. The number of hydrogen-bond donors (Lipinski definition) is 1. The van der Waals surface area contributed by atoms with E-state index in [-0.39, 0.29) is 24.8 Å². The topological polar surface area (TPSA) is 62.5 Å². The molecule has 2 aromatic rings. The molecule has 0 bridgehead atoms. The van der Waals surface area contributed by atoms with Crippen molar-refractivity contribution in [2.75, 3.05) is 20.1 Å². The number of aryl methyl sites for hydroxylation is 1. The normalized spacial score (nSPS) is 21.9. The number of hydrogen-bond acceptors (Lipinski definition) is 4. The van der Waals surface area contributed by atoms with E-state index in [1.54, 1.807) is 10.7 Å². The number of fused-ring (bicyclic) bond motifs is 1. The van der Waals surface area contributed by atoms with Crippen molar-refractivity contribution in [2.24, 2.45) is 0 Å². The number of alkyl halides is 2. The SMILES string of the molecule is Cc1c(C(=O)NC2CCC(F)(F)CC2)cnc2cc(C3CCN(C)CC3)nn12. The molecule has 3 heterocycles. The lowest BCUT2D eigenvalue weighted by atomic mass is 9.92. The minimum absolute atomic E-state index is 0.173. The molecule has 2 fully saturated rings. The van der Waals surface area contributed by atoms with Gasteiger partial charge in [0.05, 0.1) is 17.0 Å². The van der Waals surface area contributed by atoms with Crippen molar-refractivity contribution in [1.82, 2.24) is 24.8 Å². The summed E-state index contributed by atoms with van der Waals surface area (Å²) in [6, 6.07) is 1.79. The molecule has 1 aliphatic carbocycles. The van der Waals surface area contributed by atoms with Crippen LogP contribution in [0.15, 0.2) is 12.3 Å². The Morgan fingerprint density at radius 3 is 2.57 bits per heavy atom. The molecule has 1 aliphatic heterocycles. The maximum Gasteiger partial charge on any atom is 0.254 e. The number of aromatic nitrogens is 3. The summed E-state index contributed by atoms with van der Waals surface area (Å²) < 4.78 is 28.4. The molecule has 152 valence electrons. The second-order valence-corrected chi connectivity index (χ2v) is 8.28. The maximum atomic E-state index is 13.3. The summed E-state index contributed by atoms with van der Waals surface area (Å²) in [5.74, 6) is -2.45. The fourth-order valence-corrected chi connectivity index (χ4v) is 4.24. The monoisotopic (exact) mass is 391 g/mol. The Bertz CT molecular complexity index is 863. The third-order valence-corrected chi connectivity index (χ3v) is 6.18. The molecule has 2 aliphatic rings. The Hall–Kier alpha value is -2.09. The van der Waals surface area contributed by atoms with Gasteiger partial charge >= 0.3 is 0 Å². The summed E-state index contributed by atoms with van der Waals surface area (Å²) in [6.45, 7) is 3.96. The largest absolute Gasteiger partial charge is 0.349 e. The van der Waals surface area contributed by atoms with Gasteiger partial charge in [-0.05, 0) is 52.7 Å². The van der Waals surface area contributed by atoms with Crippen LogP contribution in [0.1, 0.15) is 66.2 Å². The predicted molar refractivity (Wildman–Crippen MR) is 102 cm³/mol. The fraction of sp³-hybridized carbons (Fsp3) is 0.650. The van der Waals surface area contributed by atoms with Crippen LogP contribution in [0.3, 0.4) is 0 Å². The molecule has 28 heavy (non-hydrogen) atoms. The summed E-state index contributed by atoms with van der Waals surface area (Å²) in [4.78, 5) is 19.4. The van der Waals surface area contributed by atoms with Crippen LogP contribution in [-0.4, -0.2) is 57.5 Å². The van der Waals surface area contributed by atoms with Crippen LogP contribution in [0, 0.1) is 6.92 Å². The molecule has 8 heteroatoms. The highest BCUT2D eigenvalue weighted by Crippen LogP contribution is 2.33. The number of amides is 1. The van der Waals surface area contributed by atoms with E-state index in [9.17, 15) is 13.6 Å². The van der Waals surface area contributed by atoms with E-state index in [0.29, 0.717) is 24.3 Å². The van der Waals surface area contributed by atoms with E-state index in [4.69, 9.17) is 5.10 Å². The zero-order chi connectivity index (χ0) is 19.9. The van der Waals surface area contributed by atoms with Crippen molar-refractivity contribution in [3.05, 3.63) is 29.2 Å². The van der Waals surface area contributed by atoms with E-state index in [0.717, 1.165) is 43.0 Å². The summed E-state index contributed by atoms with van der Waals surface area (Å²) in [5, 5.41) is 7.62. The molecule has 6 nitrogen and oxygen atoms in total. The average molecular weight is 391 g/mol. The van der Waals surface area contributed by atoms with Gasteiger partial charge in [0, 0.05) is 37.1 Å². The van der Waals surface area contributed by atoms with E-state index in [2.05, 4.69) is 22.2 Å². The van der Waals surface area contributed by atoms with Crippen molar-refractivity contribution in [3.8, 4) is 0 Å². The Labute approximate surface area is 163 Å². The number of nitrogens with one attached hydrogen (secondary N) is 1. The predicted octanol–water partition coefficient (Wildman–Crippen LogP) is 3.15. The minimum atomic E-state index is -2.60. The first kappa shape index (κ1) is 19.2. The van der Waals surface area contributed by atoms with Crippen LogP contribution >= 0.6 is 0 Å². The van der Waals surface area contributed by atoms with Crippen LogP contribution in [0.25, 0.3) is 5.65 Å². The molecule has 4 rings (SSSR count). The first-order chi connectivity index (χ1) is 13.3. The first-order valence-corrected chi connectivity index (χ1v) is 10.0. The molecular formula is C20H27F2N5O. The number of likely N-dealkylation sites (tertiary alicyclic amines) is 1. The lowest BCUT2D eigenvalue weighted by Gasteiger charge is -2.28. The zero-order valence-corrected chi connectivity index (χ0v) is 16.4. The van der Waals surface area contributed by atoms with Gasteiger partial charge in [-0.1, -0.05) is 0 Å². The second-order valence-electron chi connectivity index (χ2n) is 8.28. The highest BCUT2D eigenvalue weighted by atomic mass is 19.3. The Balaban J connectivity index is 1.50. The summed E-state index contributed by atoms with van der Waals surface area (Å²) >= 11 is 0. The fourth-order valence-electron chi connectivity index (χ4n) is 4.24. The molecular weight excluding hydrogens is 364 g/mol. The van der Waals surface area contributed by atoms with E-state index < -0.39 is 5.92 Å². The number of nitrogens with zero attached hydrogens (tertiary/aromatic N) is 4.